The van der Waals surface area contributed by atoms with E-state index in [1.807, 2.05) is 4.68 Å². The predicted octanol–water partition coefficient (Wildman–Crippen LogP) is 3.85. The number of rotatable bonds is 13. The fourth-order valence-electron chi connectivity index (χ4n) is 2.81. The normalized spacial score (nSPS) is 11.0. The van der Waals surface area contributed by atoms with Crippen molar-refractivity contribution >= 4 is 28.3 Å². The van der Waals surface area contributed by atoms with Crippen molar-refractivity contribution in [3.63, 3.8) is 0 Å². The van der Waals surface area contributed by atoms with E-state index in [-0.39, 0.29) is 20.9 Å². The first-order valence-corrected chi connectivity index (χ1v) is 11.8. The summed E-state index contributed by atoms with van der Waals surface area (Å²) in [6.45, 7) is 3.30. The van der Waals surface area contributed by atoms with E-state index in [9.17, 15) is 0 Å². The van der Waals surface area contributed by atoms with Crippen LogP contribution in [0.25, 0.3) is 0 Å². The molecule has 0 aliphatic carbocycles. The van der Waals surface area contributed by atoms with E-state index < -0.39 is 0 Å². The van der Waals surface area contributed by atoms with Crippen molar-refractivity contribution in [2.45, 2.75) is 77.7 Å². The summed E-state index contributed by atoms with van der Waals surface area (Å²) in [6, 6.07) is 10.7. The molecule has 0 N–H and O–H groups in total. The zero-order chi connectivity index (χ0) is 16.9. The molecule has 0 bridgehead atoms. The van der Waals surface area contributed by atoms with Gasteiger partial charge in [-0.05, 0) is 0 Å². The standard InChI is InChI=1S/C20H31N3Te/c1-2-3-4-5-6-7-8-9-10-14-17-23-18-20(21-22-23)24-19-15-12-11-13-16-19/h11-13,15-16,18H,2-10,14,17H2,1H3. The van der Waals surface area contributed by atoms with Crippen LogP contribution in [0, 0.1) is 0 Å². The molecular formula is C20H31N3Te. The monoisotopic (exact) mass is 443 g/mol. The molecule has 0 saturated heterocycles. The molecule has 132 valence electrons. The topological polar surface area (TPSA) is 30.7 Å². The minimum atomic E-state index is -0.372. The Morgan fingerprint density at radius 3 is 2.12 bits per heavy atom. The Labute approximate surface area is 157 Å². The van der Waals surface area contributed by atoms with Gasteiger partial charge in [0, 0.05) is 0 Å². The van der Waals surface area contributed by atoms with E-state index in [4.69, 9.17) is 0 Å². The first-order chi connectivity index (χ1) is 11.9. The van der Waals surface area contributed by atoms with Crippen LogP contribution in [0.5, 0.6) is 0 Å². The van der Waals surface area contributed by atoms with Crippen molar-refractivity contribution < 1.29 is 0 Å². The van der Waals surface area contributed by atoms with Crippen LogP contribution in [-0.2, 0) is 6.54 Å². The molecule has 3 nitrogen and oxygen atoms in total. The first-order valence-electron chi connectivity index (χ1n) is 9.51. The third-order valence-electron chi connectivity index (χ3n) is 4.22. The Kier molecular flexibility index (Phi) is 10.1. The van der Waals surface area contributed by atoms with Gasteiger partial charge in [0.1, 0.15) is 0 Å². The van der Waals surface area contributed by atoms with Crippen LogP contribution < -0.4 is 7.35 Å². The fourth-order valence-corrected chi connectivity index (χ4v) is 5.05. The minimum absolute atomic E-state index is 0.372. The molecule has 0 spiro atoms. The second kappa shape index (κ2) is 12.5. The van der Waals surface area contributed by atoms with Crippen molar-refractivity contribution in [2.75, 3.05) is 0 Å². The molecule has 2 rings (SSSR count). The van der Waals surface area contributed by atoms with E-state index in [0.29, 0.717) is 0 Å². The van der Waals surface area contributed by atoms with Gasteiger partial charge in [-0.25, -0.2) is 0 Å². The molecule has 0 amide bonds. The Balaban J connectivity index is 1.51. The summed E-state index contributed by atoms with van der Waals surface area (Å²) in [5, 5.41) is 8.63. The Morgan fingerprint density at radius 2 is 1.46 bits per heavy atom. The summed E-state index contributed by atoms with van der Waals surface area (Å²) in [7, 11) is 0. The molecule has 0 atom stereocenters. The molecule has 0 unspecified atom stereocenters. The molecule has 0 aliphatic rings. The zero-order valence-electron chi connectivity index (χ0n) is 15.0. The summed E-state index contributed by atoms with van der Waals surface area (Å²) in [6.07, 6.45) is 15.9. The average Bonchev–Trinajstić information content (AvgIpc) is 3.05. The fraction of sp³-hybridized carbons (Fsp3) is 0.600. The Hall–Kier alpha value is -0.850. The molecule has 0 aliphatic heterocycles. The zero-order valence-corrected chi connectivity index (χ0v) is 17.3. The van der Waals surface area contributed by atoms with Gasteiger partial charge in [-0.3, -0.25) is 0 Å². The molecule has 2 aromatic rings. The average molecular weight is 441 g/mol. The SMILES string of the molecule is CCCCCCCCCCCCn1cc([Te]c2ccccc2)nn1. The maximum atomic E-state index is 4.35. The van der Waals surface area contributed by atoms with Gasteiger partial charge in [-0.2, -0.15) is 0 Å². The Bertz CT molecular complexity index is 539. The van der Waals surface area contributed by atoms with E-state index in [1.165, 1.54) is 71.6 Å². The van der Waals surface area contributed by atoms with Crippen LogP contribution in [0.3, 0.4) is 0 Å². The van der Waals surface area contributed by atoms with Gasteiger partial charge in [-0.15, -0.1) is 0 Å². The van der Waals surface area contributed by atoms with E-state index in [2.05, 4.69) is 53.8 Å². The van der Waals surface area contributed by atoms with Gasteiger partial charge < -0.3 is 0 Å². The number of aromatic nitrogens is 3. The van der Waals surface area contributed by atoms with Crippen molar-refractivity contribution in [3.8, 4) is 0 Å². The number of hydrogen-bond acceptors (Lipinski definition) is 2. The van der Waals surface area contributed by atoms with Gasteiger partial charge in [0.2, 0.25) is 0 Å². The third kappa shape index (κ3) is 8.31. The van der Waals surface area contributed by atoms with Crippen LogP contribution in [0.4, 0.5) is 0 Å². The second-order valence-electron chi connectivity index (χ2n) is 6.42. The van der Waals surface area contributed by atoms with E-state index in [1.54, 1.807) is 0 Å². The second-order valence-corrected chi connectivity index (χ2v) is 9.54. The number of hydrogen-bond donors (Lipinski definition) is 0. The first kappa shape index (κ1) is 19.5. The summed E-state index contributed by atoms with van der Waals surface area (Å²) >= 11 is -0.372. The van der Waals surface area contributed by atoms with Crippen LogP contribution in [0.1, 0.15) is 71.1 Å². The van der Waals surface area contributed by atoms with Gasteiger partial charge >= 0.3 is 138 Å². The molecule has 4 heteroatoms. The van der Waals surface area contributed by atoms with Crippen molar-refractivity contribution in [3.05, 3.63) is 36.5 Å². The summed E-state index contributed by atoms with van der Waals surface area (Å²) < 4.78 is 4.65. The molecule has 1 heterocycles. The van der Waals surface area contributed by atoms with Crippen LogP contribution in [0.15, 0.2) is 36.5 Å². The quantitative estimate of drug-likeness (QED) is 0.350. The van der Waals surface area contributed by atoms with Crippen molar-refractivity contribution in [2.24, 2.45) is 0 Å². The molecular weight excluding hydrogens is 410 g/mol. The van der Waals surface area contributed by atoms with Crippen LogP contribution in [-0.4, -0.2) is 35.9 Å². The van der Waals surface area contributed by atoms with Crippen molar-refractivity contribution in [1.82, 2.24) is 15.0 Å². The molecule has 24 heavy (non-hydrogen) atoms. The molecule has 1 aromatic heterocycles. The van der Waals surface area contributed by atoms with Gasteiger partial charge in [0.15, 0.2) is 0 Å². The predicted molar refractivity (Wildman–Crippen MR) is 103 cm³/mol. The van der Waals surface area contributed by atoms with Gasteiger partial charge in [0.25, 0.3) is 0 Å². The number of aryl methyl sites for hydroxylation is 1. The van der Waals surface area contributed by atoms with Gasteiger partial charge in [-0.1, -0.05) is 19.8 Å². The van der Waals surface area contributed by atoms with Crippen LogP contribution in [0.2, 0.25) is 0 Å². The van der Waals surface area contributed by atoms with Crippen molar-refractivity contribution in [1.29, 1.82) is 0 Å². The number of benzene rings is 1. The third-order valence-corrected chi connectivity index (χ3v) is 6.80. The number of unbranched alkanes of at least 4 members (excludes halogenated alkanes) is 9. The summed E-state index contributed by atoms with van der Waals surface area (Å²) in [5.74, 6) is 0. The maximum absolute atomic E-state index is 4.35. The van der Waals surface area contributed by atoms with Crippen LogP contribution >= 0.6 is 0 Å². The molecule has 0 saturated carbocycles. The molecule has 0 fully saturated rings. The number of nitrogens with zero attached hydrogens (tertiary/aromatic N) is 3. The Morgan fingerprint density at radius 1 is 0.833 bits per heavy atom. The van der Waals surface area contributed by atoms with Gasteiger partial charge in [0.05, 0.1) is 0 Å². The molecule has 0 radical (unpaired) electrons. The molecule has 1 aromatic carbocycles. The van der Waals surface area contributed by atoms with E-state index >= 15 is 0 Å². The summed E-state index contributed by atoms with van der Waals surface area (Å²) in [4.78, 5) is 0. The van der Waals surface area contributed by atoms with E-state index in [0.717, 1.165) is 6.54 Å². The summed E-state index contributed by atoms with van der Waals surface area (Å²) in [5.41, 5.74) is 0.